The average molecular weight is 283 g/mol. The fourth-order valence-corrected chi connectivity index (χ4v) is 2.60. The fourth-order valence-electron chi connectivity index (χ4n) is 2.60. The highest BCUT2D eigenvalue weighted by molar-refractivity contribution is 5.79. The maximum atomic E-state index is 13.2. The Labute approximate surface area is 126 Å². The average Bonchev–Trinajstić information content (AvgIpc) is 2.44. The second kappa shape index (κ2) is 6.21. The monoisotopic (exact) mass is 283 g/mol. The molecular weight excluding hydrogens is 261 g/mol. The molecule has 0 N–H and O–H groups in total. The Morgan fingerprint density at radius 1 is 1.10 bits per heavy atom. The van der Waals surface area contributed by atoms with Gasteiger partial charge in [0.2, 0.25) is 0 Å². The molecule has 0 atom stereocenters. The number of hydrogen-bond acceptors (Lipinski definition) is 1. The molecule has 0 aliphatic heterocycles. The number of pyridine rings is 1. The van der Waals surface area contributed by atoms with Crippen LogP contribution in [0.5, 0.6) is 0 Å². The van der Waals surface area contributed by atoms with Crippen LogP contribution < -0.4 is 0 Å². The quantitative estimate of drug-likeness (QED) is 0.708. The molecule has 0 radical (unpaired) electrons. The molecular formula is C19H22FN. The summed E-state index contributed by atoms with van der Waals surface area (Å²) in [6.07, 6.45) is 4.14. The third-order valence-corrected chi connectivity index (χ3v) is 3.76. The second-order valence-corrected chi connectivity index (χ2v) is 5.66. The third-order valence-electron chi connectivity index (χ3n) is 3.76. The lowest BCUT2D eigenvalue weighted by molar-refractivity contribution is 0.628. The molecule has 1 aromatic heterocycles. The van der Waals surface area contributed by atoms with Gasteiger partial charge in [-0.3, -0.25) is 4.98 Å². The lowest BCUT2D eigenvalue weighted by Gasteiger charge is -2.19. The number of aromatic nitrogens is 1. The van der Waals surface area contributed by atoms with Crippen molar-refractivity contribution in [2.75, 3.05) is 0 Å². The normalized spacial score (nSPS) is 11.6. The van der Waals surface area contributed by atoms with E-state index in [1.54, 1.807) is 0 Å². The zero-order chi connectivity index (χ0) is 15.6. The van der Waals surface area contributed by atoms with Gasteiger partial charge in [-0.25, -0.2) is 4.39 Å². The molecule has 0 saturated heterocycles. The minimum absolute atomic E-state index is 0.209. The standard InChI is InChI=1S/C19H22FN/c1-6-7-17-18(15-8-10-16(20)11-9-15)13(4)14(5)21-19(17)12(2)3/h6-12H,1-5H3/b7-6+. The molecule has 1 nitrogen and oxygen atoms in total. The van der Waals surface area contributed by atoms with E-state index < -0.39 is 0 Å². The van der Waals surface area contributed by atoms with Crippen molar-refractivity contribution in [3.8, 4) is 11.1 Å². The summed E-state index contributed by atoms with van der Waals surface area (Å²) >= 11 is 0. The number of hydrogen-bond donors (Lipinski definition) is 0. The van der Waals surface area contributed by atoms with Crippen molar-refractivity contribution in [1.82, 2.24) is 4.98 Å². The van der Waals surface area contributed by atoms with Crippen LogP contribution in [0, 0.1) is 19.7 Å². The first kappa shape index (κ1) is 15.4. The summed E-state index contributed by atoms with van der Waals surface area (Å²) in [6.45, 7) is 10.4. The van der Waals surface area contributed by atoms with Crippen LogP contribution in [0.1, 0.15) is 49.2 Å². The summed E-state index contributed by atoms with van der Waals surface area (Å²) in [7, 11) is 0. The highest BCUT2D eigenvalue weighted by atomic mass is 19.1. The van der Waals surface area contributed by atoms with E-state index in [-0.39, 0.29) is 5.82 Å². The van der Waals surface area contributed by atoms with Crippen LogP contribution >= 0.6 is 0 Å². The fraction of sp³-hybridized carbons (Fsp3) is 0.316. The Balaban J connectivity index is 2.81. The highest BCUT2D eigenvalue weighted by Gasteiger charge is 2.17. The summed E-state index contributed by atoms with van der Waals surface area (Å²) in [5, 5.41) is 0. The van der Waals surface area contributed by atoms with E-state index >= 15 is 0 Å². The van der Waals surface area contributed by atoms with Crippen molar-refractivity contribution < 1.29 is 4.39 Å². The lowest BCUT2D eigenvalue weighted by atomic mass is 9.90. The molecule has 0 saturated carbocycles. The van der Waals surface area contributed by atoms with Gasteiger partial charge in [-0.05, 0) is 55.5 Å². The summed E-state index contributed by atoms with van der Waals surface area (Å²) in [4.78, 5) is 4.77. The number of aryl methyl sites for hydroxylation is 1. The maximum absolute atomic E-state index is 13.2. The van der Waals surface area contributed by atoms with Crippen molar-refractivity contribution in [2.24, 2.45) is 0 Å². The largest absolute Gasteiger partial charge is 0.257 e. The van der Waals surface area contributed by atoms with Crippen LogP contribution in [0.25, 0.3) is 17.2 Å². The predicted molar refractivity (Wildman–Crippen MR) is 87.9 cm³/mol. The van der Waals surface area contributed by atoms with E-state index in [4.69, 9.17) is 4.98 Å². The van der Waals surface area contributed by atoms with E-state index in [1.165, 1.54) is 12.1 Å². The van der Waals surface area contributed by atoms with Crippen LogP contribution in [-0.4, -0.2) is 4.98 Å². The minimum atomic E-state index is -0.209. The molecule has 2 aromatic rings. The molecule has 21 heavy (non-hydrogen) atoms. The highest BCUT2D eigenvalue weighted by Crippen LogP contribution is 2.34. The second-order valence-electron chi connectivity index (χ2n) is 5.66. The Morgan fingerprint density at radius 3 is 2.24 bits per heavy atom. The molecule has 0 spiro atoms. The molecule has 0 bridgehead atoms. The molecule has 0 aliphatic carbocycles. The van der Waals surface area contributed by atoms with E-state index in [2.05, 4.69) is 26.8 Å². The lowest BCUT2D eigenvalue weighted by Crippen LogP contribution is -2.04. The van der Waals surface area contributed by atoms with Crippen LogP contribution in [0.15, 0.2) is 30.3 Å². The molecule has 2 rings (SSSR count). The zero-order valence-electron chi connectivity index (χ0n) is 13.4. The van der Waals surface area contributed by atoms with Crippen LogP contribution in [0.3, 0.4) is 0 Å². The van der Waals surface area contributed by atoms with E-state index in [1.807, 2.05) is 32.1 Å². The summed E-state index contributed by atoms with van der Waals surface area (Å²) in [5.41, 5.74) is 6.61. The molecule has 0 amide bonds. The van der Waals surface area contributed by atoms with Crippen LogP contribution in [0.4, 0.5) is 4.39 Å². The molecule has 1 aromatic carbocycles. The molecule has 1 heterocycles. The van der Waals surface area contributed by atoms with Gasteiger partial charge in [-0.1, -0.05) is 38.1 Å². The molecule has 0 unspecified atom stereocenters. The van der Waals surface area contributed by atoms with Crippen LogP contribution in [0.2, 0.25) is 0 Å². The van der Waals surface area contributed by atoms with E-state index in [0.29, 0.717) is 5.92 Å². The van der Waals surface area contributed by atoms with Gasteiger partial charge in [-0.15, -0.1) is 0 Å². The van der Waals surface area contributed by atoms with Gasteiger partial charge < -0.3 is 0 Å². The molecule has 2 heteroatoms. The number of benzene rings is 1. The first-order valence-corrected chi connectivity index (χ1v) is 7.35. The van der Waals surface area contributed by atoms with Crippen molar-refractivity contribution in [2.45, 2.75) is 40.5 Å². The van der Waals surface area contributed by atoms with Crippen LogP contribution in [-0.2, 0) is 0 Å². The Kier molecular flexibility index (Phi) is 4.56. The predicted octanol–water partition coefficient (Wildman–Crippen LogP) is 5.66. The number of halogens is 1. The molecule has 110 valence electrons. The smallest absolute Gasteiger partial charge is 0.123 e. The van der Waals surface area contributed by atoms with Gasteiger partial charge in [0.15, 0.2) is 0 Å². The topological polar surface area (TPSA) is 12.9 Å². The van der Waals surface area contributed by atoms with Crippen molar-refractivity contribution in [1.29, 1.82) is 0 Å². The molecule has 0 aliphatic rings. The number of allylic oxidation sites excluding steroid dienone is 1. The minimum Gasteiger partial charge on any atom is -0.257 e. The van der Waals surface area contributed by atoms with Gasteiger partial charge in [0.25, 0.3) is 0 Å². The first-order valence-electron chi connectivity index (χ1n) is 7.35. The van der Waals surface area contributed by atoms with Crippen molar-refractivity contribution >= 4 is 6.08 Å². The Bertz CT molecular complexity index is 667. The zero-order valence-corrected chi connectivity index (χ0v) is 13.4. The maximum Gasteiger partial charge on any atom is 0.123 e. The number of nitrogens with zero attached hydrogens (tertiary/aromatic N) is 1. The van der Waals surface area contributed by atoms with E-state index in [0.717, 1.165) is 33.6 Å². The van der Waals surface area contributed by atoms with E-state index in [9.17, 15) is 4.39 Å². The van der Waals surface area contributed by atoms with Crippen molar-refractivity contribution in [3.05, 3.63) is 58.7 Å². The SMILES string of the molecule is C/C=C/c1c(C(C)C)nc(C)c(C)c1-c1ccc(F)cc1. The first-order chi connectivity index (χ1) is 9.95. The Morgan fingerprint density at radius 2 is 1.71 bits per heavy atom. The van der Waals surface area contributed by atoms with Crippen molar-refractivity contribution in [3.63, 3.8) is 0 Å². The third kappa shape index (κ3) is 3.05. The van der Waals surface area contributed by atoms with Gasteiger partial charge in [0.1, 0.15) is 5.82 Å². The van der Waals surface area contributed by atoms with Gasteiger partial charge in [0.05, 0.1) is 5.69 Å². The Hall–Kier alpha value is -1.96. The van der Waals surface area contributed by atoms with Gasteiger partial charge in [0, 0.05) is 11.3 Å². The van der Waals surface area contributed by atoms with Gasteiger partial charge in [-0.2, -0.15) is 0 Å². The summed E-state index contributed by atoms with van der Waals surface area (Å²) in [6, 6.07) is 6.71. The summed E-state index contributed by atoms with van der Waals surface area (Å²) < 4.78 is 13.2. The summed E-state index contributed by atoms with van der Waals surface area (Å²) in [5.74, 6) is 0.133. The van der Waals surface area contributed by atoms with Gasteiger partial charge >= 0.3 is 0 Å². The molecule has 0 fully saturated rings. The number of rotatable bonds is 3.